The highest BCUT2D eigenvalue weighted by Crippen LogP contribution is 2.51. The first kappa shape index (κ1) is 17.7. The quantitative estimate of drug-likeness (QED) is 0.883. The molecule has 2 N–H and O–H groups in total. The Balaban J connectivity index is 1.78. The van der Waals surface area contributed by atoms with Gasteiger partial charge in [0.05, 0.1) is 4.90 Å². The number of benzene rings is 1. The number of sulfonamides is 1. The van der Waals surface area contributed by atoms with E-state index in [2.05, 4.69) is 17.1 Å². The van der Waals surface area contributed by atoms with Gasteiger partial charge < -0.3 is 0 Å². The van der Waals surface area contributed by atoms with Crippen molar-refractivity contribution in [3.8, 4) is 6.07 Å². The van der Waals surface area contributed by atoms with Gasteiger partial charge in [0.15, 0.2) is 0 Å². The number of allylic oxidation sites excluding steroid dienone is 4. The van der Waals surface area contributed by atoms with Crippen LogP contribution in [0.1, 0.15) is 42.5 Å². The summed E-state index contributed by atoms with van der Waals surface area (Å²) >= 11 is 0. The predicted molar refractivity (Wildman–Crippen MR) is 104 cm³/mol. The molecule has 6 heteroatoms. The molecule has 5 nitrogen and oxygen atoms in total. The molecule has 1 spiro atoms. The molecule has 27 heavy (non-hydrogen) atoms. The first-order chi connectivity index (χ1) is 12.9. The molecule has 1 fully saturated rings. The maximum atomic E-state index is 11.5. The molecule has 1 aromatic heterocycles. The molecule has 136 valence electrons. The number of rotatable bonds is 3. The third-order valence-electron chi connectivity index (χ3n) is 5.37. The van der Waals surface area contributed by atoms with E-state index >= 15 is 0 Å². The smallest absolute Gasteiger partial charge is 0.238 e. The summed E-state index contributed by atoms with van der Waals surface area (Å²) < 4.78 is 23.1. The Morgan fingerprint density at radius 3 is 2.07 bits per heavy atom. The van der Waals surface area contributed by atoms with Crippen LogP contribution in [-0.4, -0.2) is 13.4 Å². The Morgan fingerprint density at radius 2 is 1.56 bits per heavy atom. The van der Waals surface area contributed by atoms with Crippen molar-refractivity contribution in [1.29, 1.82) is 5.26 Å². The molecule has 0 bridgehead atoms. The Hall–Kier alpha value is -2.75. The second-order valence-corrected chi connectivity index (χ2v) is 8.73. The van der Waals surface area contributed by atoms with Gasteiger partial charge in [0.1, 0.15) is 11.8 Å². The molecule has 1 saturated carbocycles. The average molecular weight is 377 g/mol. The Kier molecular flexibility index (Phi) is 4.22. The number of aromatic nitrogens is 1. The molecule has 2 aromatic rings. The number of nitrogens with zero attached hydrogens (tertiary/aromatic N) is 2. The van der Waals surface area contributed by atoms with E-state index in [-0.39, 0.29) is 10.3 Å². The summed E-state index contributed by atoms with van der Waals surface area (Å²) in [6, 6.07) is 12.4. The van der Waals surface area contributed by atoms with Crippen LogP contribution in [0, 0.1) is 16.7 Å². The maximum absolute atomic E-state index is 11.5. The zero-order valence-electron chi connectivity index (χ0n) is 14.7. The van der Waals surface area contributed by atoms with Crippen LogP contribution in [0.15, 0.2) is 59.6 Å². The van der Waals surface area contributed by atoms with Crippen molar-refractivity contribution in [1.82, 2.24) is 4.98 Å². The molecule has 1 heterocycles. The van der Waals surface area contributed by atoms with Crippen LogP contribution in [0.3, 0.4) is 0 Å². The van der Waals surface area contributed by atoms with E-state index in [1.165, 1.54) is 12.8 Å². The minimum atomic E-state index is -3.71. The minimum absolute atomic E-state index is 0.0528. The lowest BCUT2D eigenvalue weighted by molar-refractivity contribution is 0.523. The predicted octanol–water partition coefficient (Wildman–Crippen LogP) is 3.64. The number of primary sulfonamides is 1. The van der Waals surface area contributed by atoms with Crippen LogP contribution < -0.4 is 5.14 Å². The van der Waals surface area contributed by atoms with Gasteiger partial charge in [0.2, 0.25) is 10.0 Å². The molecule has 1 aromatic carbocycles. The van der Waals surface area contributed by atoms with Gasteiger partial charge in [-0.1, -0.05) is 37.1 Å². The molecule has 0 saturated heterocycles. The van der Waals surface area contributed by atoms with Gasteiger partial charge in [-0.05, 0) is 53.8 Å². The normalized spacial score (nSPS) is 18.2. The Bertz CT molecular complexity index is 1080. The molecule has 0 atom stereocenters. The SMILES string of the molecule is N#Cc1ccc(C2=CC3(C=C2c2ccc(S(N)(=O)=O)cc2)CCCC3)cn1. The number of hydrogen-bond donors (Lipinski definition) is 1. The van der Waals surface area contributed by atoms with E-state index in [0.29, 0.717) is 5.69 Å². The summed E-state index contributed by atoms with van der Waals surface area (Å²) in [7, 11) is -3.71. The van der Waals surface area contributed by atoms with E-state index in [4.69, 9.17) is 10.4 Å². The zero-order valence-corrected chi connectivity index (χ0v) is 15.5. The van der Waals surface area contributed by atoms with Gasteiger partial charge in [-0.15, -0.1) is 0 Å². The van der Waals surface area contributed by atoms with E-state index in [1.54, 1.807) is 36.5 Å². The summed E-state index contributed by atoms with van der Waals surface area (Å²) in [6.07, 6.45) is 11.0. The van der Waals surface area contributed by atoms with Gasteiger partial charge >= 0.3 is 0 Å². The van der Waals surface area contributed by atoms with E-state index in [1.807, 2.05) is 12.1 Å². The van der Waals surface area contributed by atoms with Crippen molar-refractivity contribution in [2.75, 3.05) is 0 Å². The average Bonchev–Trinajstić information content (AvgIpc) is 3.28. The highest BCUT2D eigenvalue weighted by atomic mass is 32.2. The highest BCUT2D eigenvalue weighted by Gasteiger charge is 2.36. The van der Waals surface area contributed by atoms with Gasteiger partial charge in [-0.3, -0.25) is 0 Å². The van der Waals surface area contributed by atoms with E-state index in [0.717, 1.165) is 35.1 Å². The maximum Gasteiger partial charge on any atom is 0.238 e. The fourth-order valence-electron chi connectivity index (χ4n) is 4.02. The topological polar surface area (TPSA) is 96.8 Å². The first-order valence-corrected chi connectivity index (χ1v) is 10.4. The summed E-state index contributed by atoms with van der Waals surface area (Å²) in [5.41, 5.74) is 4.50. The van der Waals surface area contributed by atoms with Crippen molar-refractivity contribution < 1.29 is 8.42 Å². The number of nitrogens with two attached hydrogens (primary N) is 1. The van der Waals surface area contributed by atoms with Gasteiger partial charge in [-0.25, -0.2) is 18.5 Å². The zero-order chi connectivity index (χ0) is 19.1. The molecular formula is C21H19N3O2S. The van der Waals surface area contributed by atoms with Crippen LogP contribution in [-0.2, 0) is 10.0 Å². The van der Waals surface area contributed by atoms with Gasteiger partial charge in [0, 0.05) is 17.2 Å². The van der Waals surface area contributed by atoms with Crippen LogP contribution in [0.5, 0.6) is 0 Å². The fraction of sp³-hybridized carbons (Fsp3) is 0.238. The van der Waals surface area contributed by atoms with Crippen molar-refractivity contribution in [3.63, 3.8) is 0 Å². The molecule has 0 amide bonds. The molecule has 4 rings (SSSR count). The standard InChI is InChI=1S/C21H19N3O2S/c22-13-17-6-3-16(14-24-17)20-12-21(9-1-2-10-21)11-19(20)15-4-7-18(8-5-15)27(23,25)26/h3-8,11-12,14H,1-2,9-10H2,(H2,23,25,26). The van der Waals surface area contributed by atoms with Crippen molar-refractivity contribution in [2.24, 2.45) is 10.6 Å². The summed E-state index contributed by atoms with van der Waals surface area (Å²) in [5.74, 6) is 0. The van der Waals surface area contributed by atoms with Crippen molar-refractivity contribution in [3.05, 3.63) is 71.6 Å². The van der Waals surface area contributed by atoms with Gasteiger partial charge in [-0.2, -0.15) is 5.26 Å². The van der Waals surface area contributed by atoms with Crippen molar-refractivity contribution in [2.45, 2.75) is 30.6 Å². The van der Waals surface area contributed by atoms with Crippen molar-refractivity contribution >= 4 is 21.2 Å². The lowest BCUT2D eigenvalue weighted by atomic mass is 9.88. The number of nitriles is 1. The van der Waals surface area contributed by atoms with E-state index < -0.39 is 10.0 Å². The largest absolute Gasteiger partial charge is 0.245 e. The highest BCUT2D eigenvalue weighted by molar-refractivity contribution is 7.89. The summed E-state index contributed by atoms with van der Waals surface area (Å²) in [4.78, 5) is 4.31. The second-order valence-electron chi connectivity index (χ2n) is 7.17. The fourth-order valence-corrected chi connectivity index (χ4v) is 4.53. The molecule has 2 aliphatic carbocycles. The molecule has 0 unspecified atom stereocenters. The minimum Gasteiger partial charge on any atom is -0.245 e. The van der Waals surface area contributed by atoms with Crippen LogP contribution >= 0.6 is 0 Å². The lowest BCUT2D eigenvalue weighted by Gasteiger charge is -2.16. The second kappa shape index (κ2) is 6.45. The van der Waals surface area contributed by atoms with Gasteiger partial charge in [0.25, 0.3) is 0 Å². The van der Waals surface area contributed by atoms with E-state index in [9.17, 15) is 8.42 Å². The Labute approximate surface area is 158 Å². The lowest BCUT2D eigenvalue weighted by Crippen LogP contribution is -2.11. The molecule has 2 aliphatic rings. The van der Waals surface area contributed by atoms with Crippen LogP contribution in [0.25, 0.3) is 11.1 Å². The van der Waals surface area contributed by atoms with Crippen LogP contribution in [0.4, 0.5) is 0 Å². The summed E-state index contributed by atoms with van der Waals surface area (Å²) in [5, 5.41) is 14.2. The number of hydrogen-bond acceptors (Lipinski definition) is 4. The number of pyridine rings is 1. The summed E-state index contributed by atoms with van der Waals surface area (Å²) in [6.45, 7) is 0. The Morgan fingerprint density at radius 1 is 0.963 bits per heavy atom. The molecule has 0 radical (unpaired) electrons. The molecular weight excluding hydrogens is 358 g/mol. The first-order valence-electron chi connectivity index (χ1n) is 8.86. The monoisotopic (exact) mass is 377 g/mol. The van der Waals surface area contributed by atoms with Crippen LogP contribution in [0.2, 0.25) is 0 Å². The third-order valence-corrected chi connectivity index (χ3v) is 6.30. The molecule has 0 aliphatic heterocycles. The third kappa shape index (κ3) is 3.32.